The van der Waals surface area contributed by atoms with E-state index in [4.69, 9.17) is 32.5 Å². The first-order chi connectivity index (χ1) is 19.3. The quantitative estimate of drug-likeness (QED) is 0.269. The summed E-state index contributed by atoms with van der Waals surface area (Å²) in [5.74, 6) is -0.570. The highest BCUT2D eigenvalue weighted by molar-refractivity contribution is 7.23. The molecule has 3 aromatic heterocycles. The molecule has 4 N–H and O–H groups in total. The molecular weight excluding hydrogens is 560 g/mol. The van der Waals surface area contributed by atoms with Crippen LogP contribution in [0.15, 0.2) is 30.5 Å². The Morgan fingerprint density at radius 2 is 2.02 bits per heavy atom. The molecule has 0 saturated carbocycles. The topological polar surface area (TPSA) is 136 Å². The second kappa shape index (κ2) is 9.62. The van der Waals surface area contributed by atoms with Crippen molar-refractivity contribution in [2.45, 2.75) is 13.0 Å². The highest BCUT2D eigenvalue weighted by atomic mass is 35.5. The van der Waals surface area contributed by atoms with Gasteiger partial charge in [-0.25, -0.2) is 13.8 Å². The van der Waals surface area contributed by atoms with E-state index in [2.05, 4.69) is 15.0 Å². The summed E-state index contributed by atoms with van der Waals surface area (Å²) in [5.41, 5.74) is 12.9. The molecule has 1 atom stereocenters. The number of thiophene rings is 1. The smallest absolute Gasteiger partial charge is 0.318 e. The Labute approximate surface area is 235 Å². The molecule has 0 aliphatic carbocycles. The number of ether oxygens (including phenoxy) is 2. The zero-order valence-corrected chi connectivity index (χ0v) is 22.7. The van der Waals surface area contributed by atoms with Crippen LogP contribution in [-0.2, 0) is 0 Å². The van der Waals surface area contributed by atoms with Crippen molar-refractivity contribution in [3.05, 3.63) is 58.2 Å². The van der Waals surface area contributed by atoms with E-state index in [9.17, 15) is 9.65 Å². The van der Waals surface area contributed by atoms with E-state index in [1.807, 2.05) is 24.0 Å². The lowest BCUT2D eigenvalue weighted by atomic mass is 9.96. The van der Waals surface area contributed by atoms with Gasteiger partial charge in [-0.1, -0.05) is 23.7 Å². The molecule has 40 heavy (non-hydrogen) atoms. The number of benzene rings is 2. The standard InChI is InChI=1S/C27H20ClF2N7O2S/c1-11(12-4-3-7-34-24(12)32)37-8-9-39-22-18-21(35-27(38-2)36-26(18)37)20(30)17(19(22)28)13-5-6-15(29)23-16(13)14(10-31)25(33)40-23/h3-7,11H,8-9,33H2,1-2H3,(H2,32,34). The number of nitrogens with two attached hydrogens (primary N) is 2. The molecule has 0 spiro atoms. The number of pyridine rings is 1. The van der Waals surface area contributed by atoms with Crippen LogP contribution in [0.2, 0.25) is 5.02 Å². The van der Waals surface area contributed by atoms with E-state index < -0.39 is 11.6 Å². The molecule has 0 amide bonds. The number of fused-ring (bicyclic) bond motifs is 1. The average Bonchev–Trinajstić information content (AvgIpc) is 3.17. The number of halogens is 3. The number of hydrogen-bond acceptors (Lipinski definition) is 10. The van der Waals surface area contributed by atoms with Gasteiger partial charge < -0.3 is 25.8 Å². The van der Waals surface area contributed by atoms with Crippen molar-refractivity contribution in [3.63, 3.8) is 0 Å². The molecule has 1 aliphatic rings. The molecule has 0 radical (unpaired) electrons. The second-order valence-corrected chi connectivity index (χ2v) is 10.5. The van der Waals surface area contributed by atoms with Gasteiger partial charge in [-0.05, 0) is 24.6 Å². The number of anilines is 3. The number of rotatable bonds is 4. The number of nitrogens with zero attached hydrogens (tertiary/aromatic N) is 5. The molecule has 0 fully saturated rings. The van der Waals surface area contributed by atoms with Crippen LogP contribution in [0.5, 0.6) is 11.8 Å². The van der Waals surface area contributed by atoms with Gasteiger partial charge in [0, 0.05) is 22.7 Å². The SMILES string of the molecule is COc1nc2c3c(c(Cl)c(-c4ccc(F)c5sc(N)c(C#N)c45)c(F)c3n1)OCCN2C(C)c1cccnc1N. The van der Waals surface area contributed by atoms with E-state index in [0.717, 1.165) is 16.9 Å². The zero-order valence-electron chi connectivity index (χ0n) is 21.1. The Kier molecular flexibility index (Phi) is 6.20. The van der Waals surface area contributed by atoms with Crippen LogP contribution < -0.4 is 25.8 Å². The van der Waals surface area contributed by atoms with Crippen LogP contribution in [0.4, 0.5) is 25.4 Å². The minimum atomic E-state index is -0.814. The third-order valence-corrected chi connectivity index (χ3v) is 8.35. The molecule has 0 saturated heterocycles. The zero-order chi connectivity index (χ0) is 28.3. The van der Waals surface area contributed by atoms with Gasteiger partial charge in [0.15, 0.2) is 11.6 Å². The molecule has 9 nitrogen and oxygen atoms in total. The number of nitriles is 1. The Bertz CT molecular complexity index is 1890. The lowest BCUT2D eigenvalue weighted by Gasteiger charge is -2.30. The Hall–Kier alpha value is -4.47. The first-order valence-electron chi connectivity index (χ1n) is 12.0. The molecule has 6 rings (SSSR count). The van der Waals surface area contributed by atoms with E-state index in [1.54, 1.807) is 12.3 Å². The summed E-state index contributed by atoms with van der Waals surface area (Å²) >= 11 is 7.79. The minimum absolute atomic E-state index is 0.0341. The molecule has 4 heterocycles. The maximum Gasteiger partial charge on any atom is 0.318 e. The second-order valence-electron chi connectivity index (χ2n) is 9.04. The minimum Gasteiger partial charge on any atom is -0.489 e. The Morgan fingerprint density at radius 3 is 2.75 bits per heavy atom. The normalized spacial score (nSPS) is 13.7. The fourth-order valence-corrected chi connectivity index (χ4v) is 6.38. The maximum atomic E-state index is 16.6. The molecule has 1 unspecified atom stereocenters. The highest BCUT2D eigenvalue weighted by Crippen LogP contribution is 2.51. The number of aromatic nitrogens is 3. The van der Waals surface area contributed by atoms with E-state index in [1.165, 1.54) is 19.2 Å². The largest absolute Gasteiger partial charge is 0.489 e. The van der Waals surface area contributed by atoms with Gasteiger partial charge in [-0.3, -0.25) is 0 Å². The molecule has 1 aliphatic heterocycles. The highest BCUT2D eigenvalue weighted by Gasteiger charge is 2.33. The molecule has 13 heteroatoms. The first-order valence-corrected chi connectivity index (χ1v) is 13.2. The molecule has 5 aromatic rings. The van der Waals surface area contributed by atoms with Crippen LogP contribution in [0, 0.1) is 23.0 Å². The van der Waals surface area contributed by atoms with Gasteiger partial charge in [-0.15, -0.1) is 11.3 Å². The summed E-state index contributed by atoms with van der Waals surface area (Å²) in [7, 11) is 1.38. The number of methoxy groups -OCH3 is 1. The van der Waals surface area contributed by atoms with Gasteiger partial charge in [0.1, 0.15) is 40.6 Å². The summed E-state index contributed by atoms with van der Waals surface area (Å²) in [6.45, 7) is 2.43. The van der Waals surface area contributed by atoms with Gasteiger partial charge in [0.05, 0.1) is 40.4 Å². The van der Waals surface area contributed by atoms with E-state index in [0.29, 0.717) is 18.2 Å². The van der Waals surface area contributed by atoms with E-state index in [-0.39, 0.29) is 72.1 Å². The van der Waals surface area contributed by atoms with Crippen LogP contribution in [0.3, 0.4) is 0 Å². The lowest BCUT2D eigenvalue weighted by molar-refractivity contribution is 0.328. The first kappa shape index (κ1) is 25.8. The van der Waals surface area contributed by atoms with Crippen molar-refractivity contribution < 1.29 is 18.3 Å². The maximum absolute atomic E-state index is 16.6. The summed E-state index contributed by atoms with van der Waals surface area (Å²) < 4.78 is 43.0. The van der Waals surface area contributed by atoms with Crippen LogP contribution >= 0.6 is 22.9 Å². The molecule has 2 aromatic carbocycles. The lowest BCUT2D eigenvalue weighted by Crippen LogP contribution is -2.31. The average molecular weight is 580 g/mol. The fraction of sp³-hybridized carbons (Fsp3) is 0.185. The van der Waals surface area contributed by atoms with Crippen LogP contribution in [-0.4, -0.2) is 35.2 Å². The Morgan fingerprint density at radius 1 is 1.23 bits per heavy atom. The predicted molar refractivity (Wildman–Crippen MR) is 151 cm³/mol. The van der Waals surface area contributed by atoms with Crippen molar-refractivity contribution in [1.29, 1.82) is 5.26 Å². The van der Waals surface area contributed by atoms with Gasteiger partial charge in [-0.2, -0.15) is 15.2 Å². The molecule has 202 valence electrons. The third kappa shape index (κ3) is 3.73. The van der Waals surface area contributed by atoms with Crippen LogP contribution in [0.25, 0.3) is 32.1 Å². The number of hydrogen-bond donors (Lipinski definition) is 2. The van der Waals surface area contributed by atoms with Gasteiger partial charge >= 0.3 is 6.01 Å². The Balaban J connectivity index is 1.68. The fourth-order valence-electron chi connectivity index (χ4n) is 5.09. The predicted octanol–water partition coefficient (Wildman–Crippen LogP) is 5.84. The van der Waals surface area contributed by atoms with Gasteiger partial charge in [0.2, 0.25) is 0 Å². The summed E-state index contributed by atoms with van der Waals surface area (Å²) in [6.07, 6.45) is 1.60. The summed E-state index contributed by atoms with van der Waals surface area (Å²) in [5, 5.41) is 10.2. The summed E-state index contributed by atoms with van der Waals surface area (Å²) in [4.78, 5) is 15.0. The number of nitrogen functional groups attached to an aromatic ring is 2. The molecular formula is C27H20ClF2N7O2S. The van der Waals surface area contributed by atoms with Crippen molar-refractivity contribution in [2.75, 3.05) is 36.6 Å². The van der Waals surface area contributed by atoms with Crippen molar-refractivity contribution in [3.8, 4) is 29.0 Å². The van der Waals surface area contributed by atoms with E-state index >= 15 is 4.39 Å². The van der Waals surface area contributed by atoms with Crippen LogP contribution in [0.1, 0.15) is 24.1 Å². The molecule has 0 bridgehead atoms. The summed E-state index contributed by atoms with van der Waals surface area (Å²) in [6, 6.07) is 7.76. The van der Waals surface area contributed by atoms with Gasteiger partial charge in [0.25, 0.3) is 0 Å². The monoisotopic (exact) mass is 579 g/mol. The van der Waals surface area contributed by atoms with Crippen molar-refractivity contribution in [2.24, 2.45) is 0 Å². The third-order valence-electron chi connectivity index (χ3n) is 6.96. The van der Waals surface area contributed by atoms with Crippen molar-refractivity contribution in [1.82, 2.24) is 15.0 Å². The van der Waals surface area contributed by atoms with Crippen molar-refractivity contribution >= 4 is 60.6 Å².